The first-order valence-electron chi connectivity index (χ1n) is 29.6. The summed E-state index contributed by atoms with van der Waals surface area (Å²) in [6.07, 6.45) is 75.6. The monoisotopic (exact) mass is 975 g/mol. The van der Waals surface area contributed by atoms with E-state index in [4.69, 9.17) is 14.2 Å². The Hall–Kier alpha value is -3.41. The van der Waals surface area contributed by atoms with E-state index in [0.29, 0.717) is 19.3 Å². The Morgan fingerprint density at radius 1 is 0.314 bits per heavy atom. The zero-order chi connectivity index (χ0) is 50.7. The summed E-state index contributed by atoms with van der Waals surface area (Å²) in [5.41, 5.74) is 0. The largest absolute Gasteiger partial charge is 0.462 e. The van der Waals surface area contributed by atoms with Crippen molar-refractivity contribution in [3.8, 4) is 0 Å². The number of esters is 3. The second-order valence-corrected chi connectivity index (χ2v) is 19.5. The van der Waals surface area contributed by atoms with Gasteiger partial charge in [0.2, 0.25) is 0 Å². The number of hydrogen-bond donors (Lipinski definition) is 0. The number of ether oxygens (including phenoxy) is 3. The van der Waals surface area contributed by atoms with Crippen LogP contribution in [0.4, 0.5) is 0 Å². The average Bonchev–Trinajstić information content (AvgIpc) is 3.36. The van der Waals surface area contributed by atoms with E-state index in [1.807, 2.05) is 0 Å². The van der Waals surface area contributed by atoms with Gasteiger partial charge in [0.25, 0.3) is 0 Å². The van der Waals surface area contributed by atoms with E-state index in [0.717, 1.165) is 96.3 Å². The summed E-state index contributed by atoms with van der Waals surface area (Å²) in [5.74, 6) is -0.902. The van der Waals surface area contributed by atoms with Gasteiger partial charge in [-0.25, -0.2) is 0 Å². The maximum Gasteiger partial charge on any atom is 0.306 e. The fourth-order valence-electron chi connectivity index (χ4n) is 8.18. The van der Waals surface area contributed by atoms with Crippen molar-refractivity contribution in [3.05, 3.63) is 85.1 Å². The average molecular weight is 976 g/mol. The molecule has 1 unspecified atom stereocenters. The van der Waals surface area contributed by atoms with E-state index >= 15 is 0 Å². The fourth-order valence-corrected chi connectivity index (χ4v) is 8.18. The second kappa shape index (κ2) is 58.2. The lowest BCUT2D eigenvalue weighted by molar-refractivity contribution is -0.167. The minimum absolute atomic E-state index is 0.0855. The number of allylic oxidation sites excluding steroid dienone is 14. The molecule has 0 rings (SSSR count). The third kappa shape index (κ3) is 55.5. The first kappa shape index (κ1) is 66.6. The van der Waals surface area contributed by atoms with Gasteiger partial charge < -0.3 is 14.2 Å². The van der Waals surface area contributed by atoms with Crippen LogP contribution in [0, 0.1) is 0 Å². The summed E-state index contributed by atoms with van der Waals surface area (Å²) in [4.78, 5) is 38.2. The van der Waals surface area contributed by atoms with E-state index in [-0.39, 0.29) is 31.1 Å². The van der Waals surface area contributed by atoms with E-state index in [1.54, 1.807) is 0 Å². The molecule has 0 radical (unpaired) electrons. The zero-order valence-corrected chi connectivity index (χ0v) is 46.0. The van der Waals surface area contributed by atoms with E-state index < -0.39 is 6.10 Å². The normalized spacial score (nSPS) is 12.7. The topological polar surface area (TPSA) is 78.9 Å². The molecule has 0 saturated heterocycles. The standard InChI is InChI=1S/C64H110O6/c1-4-7-10-13-16-19-22-25-28-31-32-34-36-39-42-45-48-51-54-57-63(66)69-60-61(59-68-62(65)56-53-50-47-44-41-38-35-30-27-24-21-18-15-12-9-6-3)70-64(67)58-55-52-49-46-43-40-37-33-29-26-23-20-17-14-11-8-5-2/h9,12,16-22,25-27,29-30,61H,4-8,10-11,13-15,23-24,28,31-60H2,1-3H3/b12-9-,19-16-,20-17-,21-18-,25-22-,29-26-,30-27-. The predicted octanol–water partition coefficient (Wildman–Crippen LogP) is 19.9. The van der Waals surface area contributed by atoms with Crippen molar-refractivity contribution in [1.82, 2.24) is 0 Å². The van der Waals surface area contributed by atoms with E-state index in [2.05, 4.69) is 106 Å². The molecule has 0 saturated carbocycles. The summed E-state index contributed by atoms with van der Waals surface area (Å²) >= 11 is 0. The van der Waals surface area contributed by atoms with E-state index in [1.165, 1.54) is 148 Å². The molecule has 0 fully saturated rings. The third-order valence-electron chi connectivity index (χ3n) is 12.6. The van der Waals surface area contributed by atoms with Crippen LogP contribution in [0.5, 0.6) is 0 Å². The Labute approximate surface area is 433 Å². The van der Waals surface area contributed by atoms with Gasteiger partial charge in [0.15, 0.2) is 6.10 Å². The number of carbonyl (C=O) groups excluding carboxylic acids is 3. The summed E-state index contributed by atoms with van der Waals surface area (Å²) in [5, 5.41) is 0. The number of hydrogen-bond acceptors (Lipinski definition) is 6. The van der Waals surface area contributed by atoms with Crippen LogP contribution >= 0.6 is 0 Å². The van der Waals surface area contributed by atoms with Gasteiger partial charge >= 0.3 is 17.9 Å². The Balaban J connectivity index is 4.41. The minimum Gasteiger partial charge on any atom is -0.462 e. The van der Waals surface area contributed by atoms with Crippen molar-refractivity contribution in [2.75, 3.05) is 13.2 Å². The highest BCUT2D eigenvalue weighted by molar-refractivity contribution is 5.71. The molecule has 0 aliphatic heterocycles. The summed E-state index contributed by atoms with van der Waals surface area (Å²) < 4.78 is 16.9. The molecule has 0 bridgehead atoms. The highest BCUT2D eigenvalue weighted by Gasteiger charge is 2.19. The molecule has 402 valence electrons. The molecule has 6 nitrogen and oxygen atoms in total. The number of rotatable bonds is 53. The van der Waals surface area contributed by atoms with Crippen LogP contribution in [0.1, 0.15) is 284 Å². The Bertz CT molecular complexity index is 1350. The van der Waals surface area contributed by atoms with Crippen LogP contribution < -0.4 is 0 Å². The van der Waals surface area contributed by atoms with Gasteiger partial charge in [-0.05, 0) is 109 Å². The zero-order valence-electron chi connectivity index (χ0n) is 46.0. The molecule has 6 heteroatoms. The molecule has 0 N–H and O–H groups in total. The van der Waals surface area contributed by atoms with Gasteiger partial charge in [0.05, 0.1) is 0 Å². The molecule has 0 aliphatic carbocycles. The number of unbranched alkanes of at least 4 members (excludes halogenated alkanes) is 29. The maximum absolute atomic E-state index is 12.9. The van der Waals surface area contributed by atoms with Crippen LogP contribution in [0.25, 0.3) is 0 Å². The quantitative estimate of drug-likeness (QED) is 0.0199. The number of carbonyl (C=O) groups is 3. The van der Waals surface area contributed by atoms with Gasteiger partial charge in [-0.15, -0.1) is 0 Å². The van der Waals surface area contributed by atoms with Gasteiger partial charge in [0.1, 0.15) is 13.2 Å². The van der Waals surface area contributed by atoms with Crippen molar-refractivity contribution in [2.45, 2.75) is 290 Å². The van der Waals surface area contributed by atoms with Crippen molar-refractivity contribution < 1.29 is 28.6 Å². The van der Waals surface area contributed by atoms with Gasteiger partial charge in [-0.2, -0.15) is 0 Å². The Kier molecular flexibility index (Phi) is 55.3. The second-order valence-electron chi connectivity index (χ2n) is 19.5. The van der Waals surface area contributed by atoms with Crippen molar-refractivity contribution >= 4 is 17.9 Å². The smallest absolute Gasteiger partial charge is 0.306 e. The lowest BCUT2D eigenvalue weighted by Gasteiger charge is -2.18. The highest BCUT2D eigenvalue weighted by Crippen LogP contribution is 2.15. The molecule has 0 aromatic rings. The SMILES string of the molecule is CC/C=C\C/C=C\C/C=C\CCCCCCCCC(=O)OCC(COC(=O)CCCCCCCCCCCC/C=C\C=C/CCCCC)OC(=O)CCCCCCCCC/C=C\C/C=C\CCCCC. The molecular weight excluding hydrogens is 865 g/mol. The minimum atomic E-state index is -0.789. The molecule has 0 amide bonds. The van der Waals surface area contributed by atoms with Crippen LogP contribution in [-0.4, -0.2) is 37.2 Å². The lowest BCUT2D eigenvalue weighted by atomic mass is 10.1. The first-order chi connectivity index (χ1) is 34.5. The third-order valence-corrected chi connectivity index (χ3v) is 12.6. The van der Waals surface area contributed by atoms with Crippen LogP contribution in [0.3, 0.4) is 0 Å². The van der Waals surface area contributed by atoms with Crippen molar-refractivity contribution in [2.24, 2.45) is 0 Å². The summed E-state index contributed by atoms with van der Waals surface area (Å²) in [7, 11) is 0. The van der Waals surface area contributed by atoms with Crippen molar-refractivity contribution in [1.29, 1.82) is 0 Å². The van der Waals surface area contributed by atoms with Crippen molar-refractivity contribution in [3.63, 3.8) is 0 Å². The lowest BCUT2D eigenvalue weighted by Crippen LogP contribution is -2.30. The molecule has 0 aromatic heterocycles. The first-order valence-corrected chi connectivity index (χ1v) is 29.6. The summed E-state index contributed by atoms with van der Waals surface area (Å²) in [6.45, 7) is 6.48. The molecular formula is C64H110O6. The fraction of sp³-hybridized carbons (Fsp3) is 0.734. The Morgan fingerprint density at radius 2 is 0.600 bits per heavy atom. The van der Waals surface area contributed by atoms with Gasteiger partial charge in [-0.3, -0.25) is 14.4 Å². The molecule has 0 aromatic carbocycles. The molecule has 0 heterocycles. The van der Waals surface area contributed by atoms with Gasteiger partial charge in [-0.1, -0.05) is 241 Å². The maximum atomic E-state index is 12.9. The van der Waals surface area contributed by atoms with Crippen LogP contribution in [-0.2, 0) is 28.6 Å². The van der Waals surface area contributed by atoms with E-state index in [9.17, 15) is 14.4 Å². The van der Waals surface area contributed by atoms with Gasteiger partial charge in [0, 0.05) is 19.3 Å². The highest BCUT2D eigenvalue weighted by atomic mass is 16.6. The summed E-state index contributed by atoms with van der Waals surface area (Å²) in [6, 6.07) is 0. The van der Waals surface area contributed by atoms with Crippen LogP contribution in [0.15, 0.2) is 85.1 Å². The Morgan fingerprint density at radius 3 is 0.957 bits per heavy atom. The molecule has 0 aliphatic rings. The molecule has 0 spiro atoms. The van der Waals surface area contributed by atoms with Crippen LogP contribution in [0.2, 0.25) is 0 Å². The predicted molar refractivity (Wildman–Crippen MR) is 302 cm³/mol. The molecule has 70 heavy (non-hydrogen) atoms. The molecule has 1 atom stereocenters.